The third-order valence-corrected chi connectivity index (χ3v) is 3.00. The van der Waals surface area contributed by atoms with Crippen LogP contribution in [0.2, 0.25) is 0 Å². The molecule has 1 aliphatic rings. The summed E-state index contributed by atoms with van der Waals surface area (Å²) in [5.41, 5.74) is 0.910. The number of aliphatic imine (C=N–C) groups is 2. The molecule has 98 valence electrons. The minimum atomic E-state index is 0.491. The van der Waals surface area contributed by atoms with Crippen molar-refractivity contribution in [1.82, 2.24) is 15.1 Å². The van der Waals surface area contributed by atoms with Crippen molar-refractivity contribution in [3.05, 3.63) is 12.4 Å². The van der Waals surface area contributed by atoms with Gasteiger partial charge in [-0.25, -0.2) is 4.99 Å². The van der Waals surface area contributed by atoms with Gasteiger partial charge in [0.1, 0.15) is 0 Å². The molecule has 0 aromatic carbocycles. The molecule has 0 amide bonds. The van der Waals surface area contributed by atoms with Crippen molar-refractivity contribution in [3.8, 4) is 0 Å². The molecule has 0 atom stereocenters. The van der Waals surface area contributed by atoms with Gasteiger partial charge in [0, 0.05) is 12.7 Å². The Labute approximate surface area is 107 Å². The first-order valence-corrected chi connectivity index (χ1v) is 6.36. The Morgan fingerprint density at radius 2 is 2.39 bits per heavy atom. The molecule has 2 heterocycles. The van der Waals surface area contributed by atoms with Gasteiger partial charge in [0.05, 0.1) is 17.9 Å². The summed E-state index contributed by atoms with van der Waals surface area (Å²) in [6, 6.07) is 0.491. The van der Waals surface area contributed by atoms with Crippen molar-refractivity contribution < 1.29 is 0 Å². The van der Waals surface area contributed by atoms with Gasteiger partial charge in [0.2, 0.25) is 5.96 Å². The molecule has 2 rings (SSSR count). The molecule has 0 unspecified atom stereocenters. The van der Waals surface area contributed by atoms with Crippen LogP contribution in [0.4, 0.5) is 5.69 Å². The molecule has 0 saturated carbocycles. The molecule has 1 aromatic rings. The zero-order chi connectivity index (χ0) is 12.8. The van der Waals surface area contributed by atoms with Gasteiger partial charge < -0.3 is 10.6 Å². The predicted octanol–water partition coefficient (Wildman–Crippen LogP) is 1.30. The lowest BCUT2D eigenvalue weighted by molar-refractivity contribution is 0.343. The highest BCUT2D eigenvalue weighted by Gasteiger charge is 2.15. The fourth-order valence-corrected chi connectivity index (χ4v) is 2.08. The first kappa shape index (κ1) is 12.8. The minimum absolute atomic E-state index is 0.491. The Bertz CT molecular complexity index is 416. The van der Waals surface area contributed by atoms with E-state index in [4.69, 9.17) is 0 Å². The molecule has 6 heteroatoms. The van der Waals surface area contributed by atoms with E-state index in [-0.39, 0.29) is 0 Å². The van der Waals surface area contributed by atoms with Gasteiger partial charge >= 0.3 is 0 Å². The standard InChI is InChI=1S/C12H20N6/c1-3-15-12(13-2)17-10-8-16-18(9-10)11-4-6-14-7-5-11/h8-9,11,14H,2-7H2,1H3,(H,15,17). The van der Waals surface area contributed by atoms with Crippen LogP contribution in [0.15, 0.2) is 22.4 Å². The molecule has 2 N–H and O–H groups in total. The van der Waals surface area contributed by atoms with Crippen LogP contribution in [0.5, 0.6) is 0 Å². The highest BCUT2D eigenvalue weighted by Crippen LogP contribution is 2.19. The maximum Gasteiger partial charge on any atom is 0.221 e. The van der Waals surface area contributed by atoms with E-state index < -0.39 is 0 Å². The van der Waals surface area contributed by atoms with E-state index >= 15 is 0 Å². The number of guanidine groups is 1. The highest BCUT2D eigenvalue weighted by molar-refractivity contribution is 5.96. The van der Waals surface area contributed by atoms with Crippen molar-refractivity contribution in [3.63, 3.8) is 0 Å². The van der Waals surface area contributed by atoms with Crippen LogP contribution in [-0.2, 0) is 0 Å². The van der Waals surface area contributed by atoms with Gasteiger partial charge in [0.15, 0.2) is 0 Å². The van der Waals surface area contributed by atoms with E-state index in [2.05, 4.69) is 32.4 Å². The Morgan fingerprint density at radius 3 is 3.06 bits per heavy atom. The van der Waals surface area contributed by atoms with Crippen LogP contribution >= 0.6 is 0 Å². The summed E-state index contributed by atoms with van der Waals surface area (Å²) < 4.78 is 2.02. The summed E-state index contributed by atoms with van der Waals surface area (Å²) in [7, 11) is 0. The number of hydrogen-bond acceptors (Lipinski definition) is 3. The molecule has 1 aromatic heterocycles. The normalized spacial score (nSPS) is 17.7. The van der Waals surface area contributed by atoms with E-state index in [1.54, 1.807) is 6.20 Å². The maximum absolute atomic E-state index is 4.40. The van der Waals surface area contributed by atoms with E-state index in [0.29, 0.717) is 18.5 Å². The van der Waals surface area contributed by atoms with Crippen LogP contribution in [0.25, 0.3) is 0 Å². The van der Waals surface area contributed by atoms with Gasteiger partial charge in [-0.2, -0.15) is 5.10 Å². The largest absolute Gasteiger partial charge is 0.322 e. The summed E-state index contributed by atoms with van der Waals surface area (Å²) in [5.74, 6) is 0.544. The van der Waals surface area contributed by atoms with E-state index in [9.17, 15) is 0 Å². The lowest BCUT2D eigenvalue weighted by Crippen LogP contribution is -2.29. The molecule has 0 spiro atoms. The topological polar surface area (TPSA) is 66.6 Å². The summed E-state index contributed by atoms with van der Waals surface area (Å²) in [6.07, 6.45) is 6.05. The third-order valence-electron chi connectivity index (χ3n) is 3.00. The summed E-state index contributed by atoms with van der Waals surface area (Å²) in [6.45, 7) is 8.26. The van der Waals surface area contributed by atoms with Gasteiger partial charge in [-0.1, -0.05) is 0 Å². The van der Waals surface area contributed by atoms with Crippen LogP contribution in [0.3, 0.4) is 0 Å². The zero-order valence-corrected chi connectivity index (χ0v) is 10.8. The molecular weight excluding hydrogens is 228 g/mol. The maximum atomic E-state index is 4.40. The SMILES string of the molecule is C=NC(=NCC)Nc1cnn(C2CCNCC2)c1. The zero-order valence-electron chi connectivity index (χ0n) is 10.8. The minimum Gasteiger partial charge on any atom is -0.322 e. The number of nitrogens with zero attached hydrogens (tertiary/aromatic N) is 4. The lowest BCUT2D eigenvalue weighted by atomic mass is 10.1. The van der Waals surface area contributed by atoms with E-state index in [1.165, 1.54) is 0 Å². The highest BCUT2D eigenvalue weighted by atomic mass is 15.3. The average molecular weight is 248 g/mol. The smallest absolute Gasteiger partial charge is 0.221 e. The number of rotatable bonds is 3. The summed E-state index contributed by atoms with van der Waals surface area (Å²) >= 11 is 0. The number of anilines is 1. The number of piperidine rings is 1. The van der Waals surface area contributed by atoms with Crippen molar-refractivity contribution in [2.24, 2.45) is 9.98 Å². The Hall–Kier alpha value is -1.69. The second kappa shape index (κ2) is 6.30. The number of aromatic nitrogens is 2. The fourth-order valence-electron chi connectivity index (χ4n) is 2.08. The predicted molar refractivity (Wildman–Crippen MR) is 74.5 cm³/mol. The molecule has 18 heavy (non-hydrogen) atoms. The number of nitrogens with one attached hydrogen (secondary N) is 2. The van der Waals surface area contributed by atoms with Crippen LogP contribution in [0.1, 0.15) is 25.8 Å². The molecule has 1 fully saturated rings. The molecule has 0 radical (unpaired) electrons. The van der Waals surface area contributed by atoms with Gasteiger partial charge in [-0.15, -0.1) is 0 Å². The fraction of sp³-hybridized carbons (Fsp3) is 0.583. The molecule has 6 nitrogen and oxygen atoms in total. The Kier molecular flexibility index (Phi) is 4.46. The molecule has 0 aliphatic carbocycles. The molecule has 1 aliphatic heterocycles. The van der Waals surface area contributed by atoms with Crippen LogP contribution < -0.4 is 10.6 Å². The Balaban J connectivity index is 2.01. The molecule has 0 bridgehead atoms. The second-order valence-corrected chi connectivity index (χ2v) is 4.27. The first-order valence-electron chi connectivity index (χ1n) is 6.36. The van der Waals surface area contributed by atoms with Crippen molar-refractivity contribution in [1.29, 1.82) is 0 Å². The molecular formula is C12H20N6. The van der Waals surface area contributed by atoms with Crippen molar-refractivity contribution in [2.45, 2.75) is 25.8 Å². The van der Waals surface area contributed by atoms with E-state index in [0.717, 1.165) is 31.6 Å². The lowest BCUT2D eigenvalue weighted by Gasteiger charge is -2.22. The third kappa shape index (κ3) is 3.16. The average Bonchev–Trinajstić information content (AvgIpc) is 2.88. The molecule has 1 saturated heterocycles. The quantitative estimate of drug-likeness (QED) is 0.626. The van der Waals surface area contributed by atoms with Gasteiger partial charge in [-0.3, -0.25) is 9.67 Å². The Morgan fingerprint density at radius 1 is 1.61 bits per heavy atom. The number of hydrogen-bond donors (Lipinski definition) is 2. The van der Waals surface area contributed by atoms with Gasteiger partial charge in [0.25, 0.3) is 0 Å². The first-order chi connectivity index (χ1) is 8.83. The van der Waals surface area contributed by atoms with E-state index in [1.807, 2.05) is 17.8 Å². The van der Waals surface area contributed by atoms with Crippen molar-refractivity contribution in [2.75, 3.05) is 25.0 Å². The summed E-state index contributed by atoms with van der Waals surface area (Å²) in [5, 5.41) is 10.9. The van der Waals surface area contributed by atoms with Gasteiger partial charge in [-0.05, 0) is 39.6 Å². The monoisotopic (exact) mass is 248 g/mol. The van der Waals surface area contributed by atoms with Crippen molar-refractivity contribution >= 4 is 18.4 Å². The van der Waals surface area contributed by atoms with Crippen LogP contribution in [-0.4, -0.2) is 42.1 Å². The second-order valence-electron chi connectivity index (χ2n) is 4.27. The van der Waals surface area contributed by atoms with Crippen LogP contribution in [0, 0.1) is 0 Å². The summed E-state index contributed by atoms with van der Waals surface area (Å²) in [4.78, 5) is 8.03.